The number of Topliss-reactive ketones (excluding diaryl/α,β-unsaturated/α-hetero) is 1. The lowest BCUT2D eigenvalue weighted by molar-refractivity contribution is -0.635. The van der Waals surface area contributed by atoms with Gasteiger partial charge in [0.25, 0.3) is 17.9 Å². The number of carbonyl (C=O) groups is 5. The largest absolute Gasteiger partial charge is 0.453 e. The Hall–Kier alpha value is -5.73. The van der Waals surface area contributed by atoms with Gasteiger partial charge in [-0.2, -0.15) is 5.43 Å². The van der Waals surface area contributed by atoms with Gasteiger partial charge in [0.05, 0.1) is 32.2 Å². The zero-order chi connectivity index (χ0) is 40.3. The van der Waals surface area contributed by atoms with Crippen LogP contribution in [0.5, 0.6) is 0 Å². The highest BCUT2D eigenvalue weighted by Crippen LogP contribution is 2.34. The highest BCUT2D eigenvalue weighted by atomic mass is 16.5. The second-order valence-corrected chi connectivity index (χ2v) is 15.5. The summed E-state index contributed by atoms with van der Waals surface area (Å²) < 4.78 is 11.2. The van der Waals surface area contributed by atoms with Crippen LogP contribution in [-0.2, 0) is 29.4 Å². The van der Waals surface area contributed by atoms with Crippen LogP contribution in [-0.4, -0.2) is 106 Å². The van der Waals surface area contributed by atoms with Crippen molar-refractivity contribution in [3.8, 4) is 22.4 Å². The monoisotopic (exact) mass is 769 g/mol. The molecule has 3 aliphatic heterocycles. The van der Waals surface area contributed by atoms with Crippen molar-refractivity contribution in [1.82, 2.24) is 35.8 Å². The lowest BCUT2D eigenvalue weighted by atomic mass is 9.88. The van der Waals surface area contributed by atoms with Gasteiger partial charge < -0.3 is 30.0 Å². The van der Waals surface area contributed by atoms with E-state index in [9.17, 15) is 24.0 Å². The second-order valence-electron chi connectivity index (χ2n) is 15.5. The number of H-pyrrole nitrogens is 1. The van der Waals surface area contributed by atoms with Crippen LogP contribution in [0, 0.1) is 11.8 Å². The fourth-order valence-electron chi connectivity index (χ4n) is 7.83. The number of amides is 4. The first-order valence-electron chi connectivity index (χ1n) is 19.3. The van der Waals surface area contributed by atoms with Crippen molar-refractivity contribution >= 4 is 36.0 Å². The average molecular weight is 770 g/mol. The summed E-state index contributed by atoms with van der Waals surface area (Å²) >= 11 is 0. The molecule has 4 amide bonds. The number of nitrogens with zero attached hydrogens (tertiary/aromatic N) is 4. The summed E-state index contributed by atoms with van der Waals surface area (Å²) in [5.41, 5.74) is 6.88. The number of hydrogen-bond donors (Lipinski definition) is 4. The molecule has 4 heterocycles. The van der Waals surface area contributed by atoms with Crippen LogP contribution >= 0.6 is 0 Å². The van der Waals surface area contributed by atoms with Crippen LogP contribution in [0.15, 0.2) is 54.7 Å². The molecule has 3 aromatic rings. The number of methoxy groups -OCH3 is 2. The van der Waals surface area contributed by atoms with Crippen molar-refractivity contribution in [3.05, 3.63) is 66.1 Å². The molecular weight excluding hydrogens is 716 g/mol. The third-order valence-electron chi connectivity index (χ3n) is 11.1. The molecule has 6 rings (SSSR count). The maximum Gasteiger partial charge on any atom is 0.407 e. The molecule has 0 spiro atoms. The number of imidazole rings is 1. The molecule has 298 valence electrons. The summed E-state index contributed by atoms with van der Waals surface area (Å²) in [5.74, 6) is -0.0686. The molecule has 2 fully saturated rings. The molecule has 2 aromatic carbocycles. The lowest BCUT2D eigenvalue weighted by Gasteiger charge is -2.30. The first-order chi connectivity index (χ1) is 26.7. The number of nitrogens with one attached hydrogen (secondary N) is 4. The number of ether oxygens (including phenoxy) is 2. The van der Waals surface area contributed by atoms with E-state index in [0.29, 0.717) is 25.3 Å². The van der Waals surface area contributed by atoms with Crippen LogP contribution in [0.1, 0.15) is 77.7 Å². The summed E-state index contributed by atoms with van der Waals surface area (Å²) in [4.78, 5) is 76.2. The molecule has 0 radical (unpaired) electrons. The van der Waals surface area contributed by atoms with Gasteiger partial charge in [-0.1, -0.05) is 80.9 Å². The highest BCUT2D eigenvalue weighted by molar-refractivity contribution is 6.30. The Morgan fingerprint density at radius 2 is 1.32 bits per heavy atom. The summed E-state index contributed by atoms with van der Waals surface area (Å²) in [7, 11) is 2.55. The van der Waals surface area contributed by atoms with E-state index in [4.69, 9.17) is 9.47 Å². The second kappa shape index (κ2) is 16.6. The average Bonchev–Trinajstić information content (AvgIpc) is 4.02. The standard InChI is InChI=1S/C41H52N8O7/c1-24(2)34(44-39(53)55-6)37(51)47-20-8-10-31(47)36-42-22-30(43-36)28-14-12-26(13-15-28)27-16-18-29(19-17-27)41(5)32(50)23-49(46-41)33-11-9-21-48(33)38(52)35(25(3)4)45-40(54)56-7/h12-19,22-25,31,33-35H,8-11,20-21H2,1-7H3,(H3-,42,43,44,45,46,50,53,54)/p+1/t31-,33+,34-,35-,41?/m0/s1. The highest BCUT2D eigenvalue weighted by Gasteiger charge is 2.51. The number of likely N-dealkylation sites (tertiary alicyclic amines) is 2. The molecule has 1 unspecified atom stereocenters. The Balaban J connectivity index is 1.11. The Morgan fingerprint density at radius 1 is 0.804 bits per heavy atom. The fraction of sp³-hybridized carbons (Fsp3) is 0.488. The molecule has 15 nitrogen and oxygen atoms in total. The number of rotatable bonds is 11. The van der Waals surface area contributed by atoms with E-state index >= 15 is 0 Å². The molecule has 4 N–H and O–H groups in total. The molecule has 1 aromatic heterocycles. The number of alkyl carbamates (subject to hydrolysis) is 2. The van der Waals surface area contributed by atoms with E-state index in [0.717, 1.165) is 47.2 Å². The predicted molar refractivity (Wildman–Crippen MR) is 208 cm³/mol. The van der Waals surface area contributed by atoms with E-state index in [1.807, 2.05) is 83.1 Å². The number of hydrazine groups is 1. The minimum atomic E-state index is -1.03. The van der Waals surface area contributed by atoms with Crippen LogP contribution in [0.2, 0.25) is 0 Å². The van der Waals surface area contributed by atoms with Gasteiger partial charge in [0.1, 0.15) is 17.9 Å². The molecule has 15 heteroatoms. The molecule has 0 aliphatic carbocycles. The quantitative estimate of drug-likeness (QED) is 0.205. The fourth-order valence-corrected chi connectivity index (χ4v) is 7.83. The van der Waals surface area contributed by atoms with E-state index in [2.05, 4.69) is 26.0 Å². The normalized spacial score (nSPS) is 21.8. The van der Waals surface area contributed by atoms with Gasteiger partial charge in [0, 0.05) is 19.5 Å². The van der Waals surface area contributed by atoms with Crippen molar-refractivity contribution in [3.63, 3.8) is 0 Å². The number of benzene rings is 2. The van der Waals surface area contributed by atoms with Crippen molar-refractivity contribution in [1.29, 1.82) is 0 Å². The maximum atomic E-state index is 13.6. The van der Waals surface area contributed by atoms with Crippen molar-refractivity contribution in [2.75, 3.05) is 27.3 Å². The zero-order valence-corrected chi connectivity index (χ0v) is 33.1. The van der Waals surface area contributed by atoms with E-state index in [1.54, 1.807) is 20.7 Å². The van der Waals surface area contributed by atoms with Crippen LogP contribution < -0.4 is 16.1 Å². The predicted octanol–water partition coefficient (Wildman–Crippen LogP) is 4.50. The molecule has 56 heavy (non-hydrogen) atoms. The van der Waals surface area contributed by atoms with Gasteiger partial charge in [-0.3, -0.25) is 19.3 Å². The van der Waals surface area contributed by atoms with E-state index in [1.165, 1.54) is 20.4 Å². The number of carbonyl (C=O) groups excluding carboxylic acids is 5. The Morgan fingerprint density at radius 3 is 1.89 bits per heavy atom. The summed E-state index contributed by atoms with van der Waals surface area (Å²) in [5, 5.41) is 5.35. The molecule has 3 aliphatic rings. The smallest absolute Gasteiger partial charge is 0.407 e. The lowest BCUT2D eigenvalue weighted by Crippen LogP contribution is -2.56. The Kier molecular flexibility index (Phi) is 11.8. The molecule has 0 bridgehead atoms. The topological polar surface area (TPSA) is 178 Å². The van der Waals surface area contributed by atoms with Crippen LogP contribution in [0.3, 0.4) is 0 Å². The van der Waals surface area contributed by atoms with Gasteiger partial charge in [-0.25, -0.2) is 14.6 Å². The number of hydrogen-bond acceptors (Lipinski definition) is 9. The van der Waals surface area contributed by atoms with Gasteiger partial charge in [0.2, 0.25) is 12.1 Å². The van der Waals surface area contributed by atoms with Gasteiger partial charge >= 0.3 is 12.2 Å². The van der Waals surface area contributed by atoms with Crippen molar-refractivity contribution < 1.29 is 38.1 Å². The van der Waals surface area contributed by atoms with E-state index < -0.39 is 29.8 Å². The summed E-state index contributed by atoms with van der Waals surface area (Å²) in [6.45, 7) is 10.4. The number of ketones is 1. The van der Waals surface area contributed by atoms with E-state index in [-0.39, 0.29) is 41.6 Å². The molecule has 0 saturated carbocycles. The molecular formula is C41H53N8O7+. The minimum absolute atomic E-state index is 0.118. The zero-order valence-electron chi connectivity index (χ0n) is 33.1. The van der Waals surface area contributed by atoms with Gasteiger partial charge in [-0.05, 0) is 60.3 Å². The van der Waals surface area contributed by atoms with Crippen molar-refractivity contribution in [2.24, 2.45) is 11.8 Å². The molecule has 2 saturated heterocycles. The summed E-state index contributed by atoms with van der Waals surface area (Å²) in [6, 6.07) is 14.3. The minimum Gasteiger partial charge on any atom is -0.453 e. The first kappa shape index (κ1) is 39.9. The number of aromatic nitrogens is 2. The van der Waals surface area contributed by atoms with Crippen molar-refractivity contribution in [2.45, 2.75) is 90.1 Å². The van der Waals surface area contributed by atoms with Crippen LogP contribution in [0.25, 0.3) is 22.4 Å². The first-order valence-corrected chi connectivity index (χ1v) is 19.3. The van der Waals surface area contributed by atoms with Gasteiger partial charge in [-0.15, -0.1) is 0 Å². The number of hydrazone groups is 1. The number of aromatic amines is 1. The third kappa shape index (κ3) is 7.98. The summed E-state index contributed by atoms with van der Waals surface area (Å²) in [6.07, 6.45) is 4.67. The van der Waals surface area contributed by atoms with Gasteiger partial charge in [0.15, 0.2) is 5.54 Å². The SMILES string of the molecule is COC(=O)N[C@H](C(=O)N1CCC[C@H]1[N+]1=CC(=O)C(C)(c2ccc(-c3ccc(-c4cnc([C@@H]5CCCN5C(=O)[C@@H](NC(=O)OC)C(C)C)[nH]4)cc3)cc2)N1)C(C)C. The van der Waals surface area contributed by atoms with Crippen LogP contribution in [0.4, 0.5) is 9.59 Å². The third-order valence-corrected chi connectivity index (χ3v) is 11.1. The maximum absolute atomic E-state index is 13.6. The Labute approximate surface area is 327 Å². The molecule has 5 atom stereocenters. The Bertz CT molecular complexity index is 1980.